The van der Waals surface area contributed by atoms with E-state index in [1.807, 2.05) is 38.1 Å². The molecule has 0 aliphatic carbocycles. The van der Waals surface area contributed by atoms with Crippen LogP contribution in [0.25, 0.3) is 10.8 Å². The van der Waals surface area contributed by atoms with Crippen LogP contribution in [0.1, 0.15) is 20.3 Å². The predicted octanol–water partition coefficient (Wildman–Crippen LogP) is 2.38. The Morgan fingerprint density at radius 1 is 1.17 bits per heavy atom. The normalized spacial score (nSPS) is 12.0. The van der Waals surface area contributed by atoms with E-state index < -0.39 is 22.5 Å². The van der Waals surface area contributed by atoms with Gasteiger partial charge in [0.1, 0.15) is 0 Å². The van der Waals surface area contributed by atoms with Gasteiger partial charge in [0.05, 0.1) is 11.4 Å². The highest BCUT2D eigenvalue weighted by Crippen LogP contribution is 2.22. The van der Waals surface area contributed by atoms with E-state index in [0.717, 1.165) is 15.1 Å². The number of nitrogens with zero attached hydrogens (tertiary/aromatic N) is 1. The lowest BCUT2D eigenvalue weighted by molar-refractivity contribution is -0.129. The maximum Gasteiger partial charge on any atom is 0.258 e. The van der Waals surface area contributed by atoms with E-state index in [1.165, 1.54) is 11.5 Å². The summed E-state index contributed by atoms with van der Waals surface area (Å²) in [6.07, 6.45) is 0.617. The molecule has 2 aromatic carbocycles. The number of carbonyl (C=O) groups is 1. The third kappa shape index (κ3) is 4.31. The van der Waals surface area contributed by atoms with Gasteiger partial charge in [-0.25, -0.2) is 13.9 Å². The second-order valence-electron chi connectivity index (χ2n) is 6.07. The number of sulfonamides is 1. The molecule has 1 amide bonds. The molecule has 2 rings (SSSR count). The summed E-state index contributed by atoms with van der Waals surface area (Å²) in [5.74, 6) is -0.473. The van der Waals surface area contributed by atoms with Crippen LogP contribution in [0.4, 0.5) is 0 Å². The number of hydrogen-bond donors (Lipinski definition) is 2. The number of nitrogens with one attached hydrogen (secondary N) is 1. The molecular weight excluding hydrogens is 328 g/mol. The van der Waals surface area contributed by atoms with Gasteiger partial charge in [-0.15, -0.1) is 0 Å². The summed E-state index contributed by atoms with van der Waals surface area (Å²) in [5, 5.41) is 10.5. The summed E-state index contributed by atoms with van der Waals surface area (Å²) in [7, 11) is -3.83. The standard InChI is InChI=1S/C17H22N2O4S/c1-13(2)9-10-19(12-17(20)18-21)24(22,23)16-8-7-14-5-3-4-6-15(14)11-16/h3-8,11,13,21H,9-10,12H2,1-2H3,(H,18,20). The van der Waals surface area contributed by atoms with E-state index in [0.29, 0.717) is 6.42 Å². The zero-order valence-electron chi connectivity index (χ0n) is 13.8. The van der Waals surface area contributed by atoms with Crippen molar-refractivity contribution in [2.45, 2.75) is 25.2 Å². The smallest absolute Gasteiger partial charge is 0.258 e. The second-order valence-corrected chi connectivity index (χ2v) is 8.00. The fourth-order valence-electron chi connectivity index (χ4n) is 2.36. The van der Waals surface area contributed by atoms with Gasteiger partial charge in [0.15, 0.2) is 0 Å². The van der Waals surface area contributed by atoms with Crippen molar-refractivity contribution in [2.75, 3.05) is 13.1 Å². The van der Waals surface area contributed by atoms with Gasteiger partial charge in [0.2, 0.25) is 10.0 Å². The summed E-state index contributed by atoms with van der Waals surface area (Å²) in [6, 6.07) is 12.4. The average molecular weight is 350 g/mol. The topological polar surface area (TPSA) is 86.7 Å². The molecule has 0 unspecified atom stereocenters. The Labute approximate surface area is 142 Å². The van der Waals surface area contributed by atoms with Crippen molar-refractivity contribution in [2.24, 2.45) is 5.92 Å². The molecule has 0 radical (unpaired) electrons. The van der Waals surface area contributed by atoms with Gasteiger partial charge in [-0.1, -0.05) is 44.2 Å². The van der Waals surface area contributed by atoms with E-state index in [1.54, 1.807) is 12.1 Å². The van der Waals surface area contributed by atoms with Crippen molar-refractivity contribution in [3.63, 3.8) is 0 Å². The highest BCUT2D eigenvalue weighted by molar-refractivity contribution is 7.89. The van der Waals surface area contributed by atoms with Crippen LogP contribution in [0.5, 0.6) is 0 Å². The van der Waals surface area contributed by atoms with Crippen LogP contribution in [0, 0.1) is 5.92 Å². The lowest BCUT2D eigenvalue weighted by Gasteiger charge is -2.22. The molecule has 6 nitrogen and oxygen atoms in total. The molecular formula is C17H22N2O4S. The molecule has 0 spiro atoms. The number of amides is 1. The quantitative estimate of drug-likeness (QED) is 0.593. The Balaban J connectivity index is 2.38. The van der Waals surface area contributed by atoms with E-state index in [9.17, 15) is 13.2 Å². The number of fused-ring (bicyclic) bond motifs is 1. The summed E-state index contributed by atoms with van der Waals surface area (Å²) >= 11 is 0. The van der Waals surface area contributed by atoms with Crippen LogP contribution in [-0.4, -0.2) is 36.9 Å². The molecule has 0 saturated heterocycles. The van der Waals surface area contributed by atoms with Crippen molar-refractivity contribution in [3.8, 4) is 0 Å². The number of hydroxylamine groups is 1. The summed E-state index contributed by atoms with van der Waals surface area (Å²) in [6.45, 7) is 3.75. The predicted molar refractivity (Wildman–Crippen MR) is 92.1 cm³/mol. The minimum atomic E-state index is -3.83. The van der Waals surface area contributed by atoms with Gasteiger partial charge in [0, 0.05) is 6.54 Å². The van der Waals surface area contributed by atoms with Gasteiger partial charge in [0.25, 0.3) is 5.91 Å². The molecule has 2 N–H and O–H groups in total. The van der Waals surface area contributed by atoms with Crippen molar-refractivity contribution in [3.05, 3.63) is 42.5 Å². The zero-order chi connectivity index (χ0) is 17.7. The third-order valence-corrected chi connectivity index (χ3v) is 5.60. The number of rotatable bonds is 7. The summed E-state index contributed by atoms with van der Waals surface area (Å²) < 4.78 is 26.9. The molecule has 0 saturated carbocycles. The second kappa shape index (κ2) is 7.74. The molecule has 0 atom stereocenters. The molecule has 0 heterocycles. The van der Waals surface area contributed by atoms with Crippen LogP contribution >= 0.6 is 0 Å². The number of hydrogen-bond acceptors (Lipinski definition) is 4. The van der Waals surface area contributed by atoms with Crippen molar-refractivity contribution < 1.29 is 18.4 Å². The van der Waals surface area contributed by atoms with E-state index in [4.69, 9.17) is 5.21 Å². The maximum absolute atomic E-state index is 12.9. The highest BCUT2D eigenvalue weighted by Gasteiger charge is 2.26. The van der Waals surface area contributed by atoms with Crippen molar-refractivity contribution in [1.82, 2.24) is 9.79 Å². The fraction of sp³-hybridized carbons (Fsp3) is 0.353. The van der Waals surface area contributed by atoms with Gasteiger partial charge in [-0.05, 0) is 35.2 Å². The Morgan fingerprint density at radius 3 is 2.46 bits per heavy atom. The van der Waals surface area contributed by atoms with Gasteiger partial charge < -0.3 is 0 Å². The monoisotopic (exact) mass is 350 g/mol. The molecule has 0 aliphatic rings. The van der Waals surface area contributed by atoms with Crippen molar-refractivity contribution >= 4 is 26.7 Å². The molecule has 0 fully saturated rings. The van der Waals surface area contributed by atoms with Gasteiger partial charge >= 0.3 is 0 Å². The zero-order valence-corrected chi connectivity index (χ0v) is 14.6. The molecule has 0 bridgehead atoms. The first-order chi connectivity index (χ1) is 11.3. The molecule has 0 aliphatic heterocycles. The first-order valence-corrected chi connectivity index (χ1v) is 9.20. The van der Waals surface area contributed by atoms with Gasteiger partial charge in [-0.3, -0.25) is 10.0 Å². The van der Waals surface area contributed by atoms with Crippen LogP contribution in [0.2, 0.25) is 0 Å². The molecule has 24 heavy (non-hydrogen) atoms. The highest BCUT2D eigenvalue weighted by atomic mass is 32.2. The third-order valence-electron chi connectivity index (χ3n) is 3.76. The molecule has 7 heteroatoms. The van der Waals surface area contributed by atoms with Crippen LogP contribution in [0.15, 0.2) is 47.4 Å². The Bertz CT molecular complexity index is 818. The SMILES string of the molecule is CC(C)CCN(CC(=O)NO)S(=O)(=O)c1ccc2ccccc2c1. The number of carbonyl (C=O) groups excluding carboxylic acids is 1. The molecule has 2 aromatic rings. The van der Waals surface area contributed by atoms with Gasteiger partial charge in [-0.2, -0.15) is 4.31 Å². The summed E-state index contributed by atoms with van der Waals surface area (Å²) in [5.41, 5.74) is 1.49. The largest absolute Gasteiger partial charge is 0.289 e. The van der Waals surface area contributed by atoms with Crippen molar-refractivity contribution in [1.29, 1.82) is 0 Å². The molecule has 130 valence electrons. The fourth-order valence-corrected chi connectivity index (χ4v) is 3.81. The minimum absolute atomic E-state index is 0.135. The first-order valence-electron chi connectivity index (χ1n) is 7.76. The van der Waals surface area contributed by atoms with E-state index in [-0.39, 0.29) is 17.4 Å². The lowest BCUT2D eigenvalue weighted by Crippen LogP contribution is -2.40. The summed E-state index contributed by atoms with van der Waals surface area (Å²) in [4.78, 5) is 11.6. The lowest BCUT2D eigenvalue weighted by atomic mass is 10.1. The minimum Gasteiger partial charge on any atom is -0.289 e. The van der Waals surface area contributed by atoms with Crippen LogP contribution < -0.4 is 5.48 Å². The average Bonchev–Trinajstić information content (AvgIpc) is 2.57. The maximum atomic E-state index is 12.9. The number of benzene rings is 2. The van der Waals surface area contributed by atoms with Crippen LogP contribution in [0.3, 0.4) is 0 Å². The van der Waals surface area contributed by atoms with Crippen LogP contribution in [-0.2, 0) is 14.8 Å². The van der Waals surface area contributed by atoms with E-state index >= 15 is 0 Å². The molecule has 0 aromatic heterocycles. The Morgan fingerprint density at radius 2 is 1.83 bits per heavy atom. The first kappa shape index (κ1) is 18.4. The Hall–Kier alpha value is -1.96. The Kier molecular flexibility index (Phi) is 5.93. The van der Waals surface area contributed by atoms with E-state index in [2.05, 4.69) is 0 Å².